The van der Waals surface area contributed by atoms with Gasteiger partial charge < -0.3 is 0 Å². The largest absolute Gasteiger partial charge is 0.0988 e. The van der Waals surface area contributed by atoms with Crippen molar-refractivity contribution in [2.75, 3.05) is 0 Å². The van der Waals surface area contributed by atoms with Crippen LogP contribution in [0.3, 0.4) is 0 Å². The second kappa shape index (κ2) is 32.5. The first-order chi connectivity index (χ1) is 38.8. The van der Waals surface area contributed by atoms with Crippen LogP contribution in [0.1, 0.15) is 87.5 Å². The average Bonchev–Trinajstić information content (AvgIpc) is 3.53. The molecule has 0 spiro atoms. The van der Waals surface area contributed by atoms with E-state index < -0.39 is 0 Å². The number of rotatable bonds is 4. The monoisotopic (exact) mass is 1060 g/mol. The van der Waals surface area contributed by atoms with Crippen LogP contribution in [0.25, 0.3) is 54.9 Å². The van der Waals surface area contributed by atoms with Crippen molar-refractivity contribution < 1.29 is 0 Å². The first-order valence-electron chi connectivity index (χ1n) is 28.4. The highest BCUT2D eigenvalue weighted by Crippen LogP contribution is 2.25. The summed E-state index contributed by atoms with van der Waals surface area (Å²) in [5.41, 5.74) is 26.3. The van der Waals surface area contributed by atoms with Crippen molar-refractivity contribution in [3.05, 3.63) is 333 Å². The van der Waals surface area contributed by atoms with Crippen molar-refractivity contribution in [2.45, 2.75) is 104 Å². The van der Waals surface area contributed by atoms with Gasteiger partial charge in [-0.05, 0) is 175 Å². The fourth-order valence-electron chi connectivity index (χ4n) is 8.64. The summed E-state index contributed by atoms with van der Waals surface area (Å²) < 4.78 is 0. The van der Waals surface area contributed by atoms with E-state index in [1.54, 1.807) is 0 Å². The maximum Gasteiger partial charge on any atom is -0.0152 e. The van der Waals surface area contributed by atoms with Gasteiger partial charge in [-0.2, -0.15) is 0 Å². The van der Waals surface area contributed by atoms with Crippen LogP contribution in [0.5, 0.6) is 0 Å². The normalized spacial score (nSPS) is 9.96. The van der Waals surface area contributed by atoms with Gasteiger partial charge >= 0.3 is 0 Å². The molecule has 0 saturated heterocycles. The molecular formula is C81H88. The lowest BCUT2D eigenvalue weighted by molar-refractivity contribution is 1.30. The molecule has 81 heavy (non-hydrogen) atoms. The minimum absolute atomic E-state index is 1.28. The molecule has 0 nitrogen and oxygen atoms in total. The molecule has 11 rings (SSSR count). The van der Waals surface area contributed by atoms with E-state index in [0.717, 1.165) is 0 Å². The molecular weight excluding hydrogens is 973 g/mol. The highest BCUT2D eigenvalue weighted by molar-refractivity contribution is 5.88. The summed E-state index contributed by atoms with van der Waals surface area (Å²) in [7, 11) is 0. The first-order valence-corrected chi connectivity index (χ1v) is 28.4. The van der Waals surface area contributed by atoms with E-state index in [2.05, 4.69) is 353 Å². The first kappa shape index (κ1) is 63.3. The molecule has 0 atom stereocenters. The molecule has 0 aliphatic heterocycles. The maximum absolute atomic E-state index is 3.62. The predicted octanol–water partition coefficient (Wildman–Crippen LogP) is 23.7. The number of aryl methyl sites for hydroxylation is 12. The van der Waals surface area contributed by atoms with Gasteiger partial charge in [-0.25, -0.2) is 0 Å². The zero-order valence-electron chi connectivity index (χ0n) is 51.4. The Hall–Kier alpha value is -8.58. The lowest BCUT2D eigenvalue weighted by Crippen LogP contribution is -1.82. The molecule has 11 aromatic rings. The second-order valence-corrected chi connectivity index (χ2v) is 21.8. The summed E-state index contributed by atoms with van der Waals surface area (Å²) in [5, 5.41) is 5.41. The molecule has 0 fully saturated rings. The van der Waals surface area contributed by atoms with Gasteiger partial charge in [0, 0.05) is 0 Å². The predicted molar refractivity (Wildman–Crippen MR) is 361 cm³/mol. The van der Waals surface area contributed by atoms with Gasteiger partial charge in [-0.3, -0.25) is 0 Å². The van der Waals surface area contributed by atoms with E-state index in [0.29, 0.717) is 0 Å². The molecule has 412 valence electrons. The van der Waals surface area contributed by atoms with Crippen LogP contribution >= 0.6 is 0 Å². The Labute approximate surface area is 489 Å². The van der Waals surface area contributed by atoms with Gasteiger partial charge in [0.25, 0.3) is 0 Å². The molecule has 0 saturated carbocycles. The van der Waals surface area contributed by atoms with Crippen molar-refractivity contribution in [2.24, 2.45) is 0 Å². The quantitative estimate of drug-likeness (QED) is 0.154. The number of hydrogen-bond acceptors (Lipinski definition) is 0. The minimum Gasteiger partial charge on any atom is -0.0988 e. The highest BCUT2D eigenvalue weighted by atomic mass is 14.1. The summed E-state index contributed by atoms with van der Waals surface area (Å²) in [4.78, 5) is 0. The topological polar surface area (TPSA) is 0 Å². The Bertz CT molecular complexity index is 3540. The van der Waals surface area contributed by atoms with E-state index in [1.807, 2.05) is 6.08 Å². The van der Waals surface area contributed by atoms with E-state index in [-0.39, 0.29) is 0 Å². The van der Waals surface area contributed by atoms with Crippen LogP contribution in [0.4, 0.5) is 0 Å². The highest BCUT2D eigenvalue weighted by Gasteiger charge is 2.01. The molecule has 0 aliphatic rings. The van der Waals surface area contributed by atoms with Gasteiger partial charge in [0.15, 0.2) is 0 Å². The number of benzene rings is 11. The zero-order valence-corrected chi connectivity index (χ0v) is 51.4. The molecule has 0 aliphatic carbocycles. The van der Waals surface area contributed by atoms with Crippen LogP contribution in [0, 0.1) is 83.1 Å². The molecule has 0 N–H and O–H groups in total. The van der Waals surface area contributed by atoms with E-state index in [1.165, 1.54) is 133 Å². The van der Waals surface area contributed by atoms with Crippen LogP contribution in [0.2, 0.25) is 0 Å². The standard InChI is InChI=1S/3C14H14.2C12H12.C8H10.C7H12/c1-11-3-7-13(8-4-11)14-9-5-12(2)6-10-14;1-11-6-8-13(9-7-11)14-5-3-4-12(2)10-14;1-11-7-9-13(10-8-11)14-6-4-3-5-12(14)2;1-9-3-5-12-8-10(2)4-6-11(12)7-9;1-9-5-3-8-12-10(2)6-4-7-11(9)12;1-7-3-5-8(2)6-4-7;1-5-7(4)6(2)3/h3*3-10H,1-2H3;2*3-8H,1-2H3;3-6H,1-2H3;5H,1H2,2-4H3. The summed E-state index contributed by atoms with van der Waals surface area (Å²) in [6, 6.07) is 86.1. The van der Waals surface area contributed by atoms with Gasteiger partial charge in [-0.1, -0.05) is 317 Å². The molecule has 0 amide bonds. The fraction of sp³-hybridized carbons (Fsp3) is 0.185. The summed E-state index contributed by atoms with van der Waals surface area (Å²) in [5.74, 6) is 0. The zero-order chi connectivity index (χ0) is 58.8. The van der Waals surface area contributed by atoms with Crippen LogP contribution in [-0.4, -0.2) is 0 Å². The fourth-order valence-corrected chi connectivity index (χ4v) is 8.64. The van der Waals surface area contributed by atoms with Gasteiger partial charge in [0.05, 0.1) is 0 Å². The molecule has 0 unspecified atom stereocenters. The Morgan fingerprint density at radius 3 is 0.914 bits per heavy atom. The third-order valence-electron chi connectivity index (χ3n) is 14.2. The van der Waals surface area contributed by atoms with Gasteiger partial charge in [0.2, 0.25) is 0 Å². The number of hydrogen-bond donors (Lipinski definition) is 0. The Morgan fingerprint density at radius 1 is 0.259 bits per heavy atom. The van der Waals surface area contributed by atoms with Crippen LogP contribution in [0.15, 0.2) is 266 Å². The van der Waals surface area contributed by atoms with Crippen molar-refractivity contribution in [1.29, 1.82) is 0 Å². The lowest BCUT2D eigenvalue weighted by atomic mass is 10.00. The molecule has 0 bridgehead atoms. The summed E-state index contributed by atoms with van der Waals surface area (Å²) in [6.07, 6.45) is 1.87. The summed E-state index contributed by atoms with van der Waals surface area (Å²) in [6.45, 7) is 35.3. The van der Waals surface area contributed by atoms with Crippen LogP contribution in [-0.2, 0) is 0 Å². The van der Waals surface area contributed by atoms with Crippen LogP contribution < -0.4 is 0 Å². The molecule has 11 aromatic carbocycles. The van der Waals surface area contributed by atoms with E-state index >= 15 is 0 Å². The number of allylic oxidation sites excluding steroid dienone is 3. The van der Waals surface area contributed by atoms with Crippen molar-refractivity contribution >= 4 is 21.5 Å². The molecule has 0 heteroatoms. The molecule has 0 radical (unpaired) electrons. The average molecular weight is 1060 g/mol. The van der Waals surface area contributed by atoms with Crippen molar-refractivity contribution in [1.82, 2.24) is 0 Å². The molecule has 0 heterocycles. The van der Waals surface area contributed by atoms with Crippen molar-refractivity contribution in [3.63, 3.8) is 0 Å². The minimum atomic E-state index is 1.28. The second-order valence-electron chi connectivity index (χ2n) is 21.8. The van der Waals surface area contributed by atoms with E-state index in [9.17, 15) is 0 Å². The van der Waals surface area contributed by atoms with Gasteiger partial charge in [-0.15, -0.1) is 0 Å². The Balaban J connectivity index is 0.000000176. The molecule has 0 aromatic heterocycles. The van der Waals surface area contributed by atoms with Crippen molar-refractivity contribution in [3.8, 4) is 33.4 Å². The Kier molecular flexibility index (Phi) is 25.4. The lowest BCUT2D eigenvalue weighted by Gasteiger charge is -2.05. The third kappa shape index (κ3) is 21.5. The maximum atomic E-state index is 3.62. The SMILES string of the molecule is C=CC(C)=C(C)C.Cc1ccc(-c2ccc(C)cc2)cc1.Cc1ccc(-c2cccc(C)c2)cc1.Cc1ccc(-c2ccccc2C)cc1.Cc1ccc(C)cc1.Cc1ccc2cc(C)ccc2c1.Cc1cccc2c(C)cccc12. The Morgan fingerprint density at radius 2 is 0.568 bits per heavy atom. The summed E-state index contributed by atoms with van der Waals surface area (Å²) >= 11 is 0. The number of fused-ring (bicyclic) bond motifs is 2. The van der Waals surface area contributed by atoms with E-state index in [4.69, 9.17) is 0 Å². The smallest absolute Gasteiger partial charge is 0.0152 e. The van der Waals surface area contributed by atoms with Gasteiger partial charge in [0.1, 0.15) is 0 Å². The third-order valence-corrected chi connectivity index (χ3v) is 14.2.